The number of amides is 1. The number of benzene rings is 1. The van der Waals surface area contributed by atoms with Crippen LogP contribution in [0.5, 0.6) is 5.75 Å². The summed E-state index contributed by atoms with van der Waals surface area (Å²) >= 11 is 13.2. The maximum absolute atomic E-state index is 15.2. The van der Waals surface area contributed by atoms with Gasteiger partial charge in [0.05, 0.1) is 23.1 Å². The standard InChI is InChI=1S/C30H27Cl2FN6O3/c1-5-21(40)37-10-11-38-18(13-37)14-42-27-22-28(38)36-30(41)39(26-16(4)8-9-34-24(26)15(2)3)29(22)35-25(23(27)32)19-12-17(31)6-7-20(19)33/h5-9,12,15,18H,1,10-11,13-14H2,2-4H3/t18-/m0/s1. The van der Waals surface area contributed by atoms with Gasteiger partial charge in [-0.05, 0) is 48.7 Å². The van der Waals surface area contributed by atoms with Crippen molar-refractivity contribution in [2.75, 3.05) is 31.1 Å². The fourth-order valence-corrected chi connectivity index (χ4v) is 6.12. The number of piperazine rings is 1. The quantitative estimate of drug-likeness (QED) is 0.290. The molecule has 1 amide bonds. The Hall–Kier alpha value is -4.02. The molecule has 2 aliphatic heterocycles. The molecule has 6 rings (SSSR count). The lowest BCUT2D eigenvalue weighted by atomic mass is 10.0. The molecule has 9 nitrogen and oxygen atoms in total. The number of hydrogen-bond donors (Lipinski definition) is 0. The Bertz CT molecular complexity index is 1840. The third-order valence-electron chi connectivity index (χ3n) is 7.67. The number of carbonyl (C=O) groups excluding carboxylic acids is 1. The number of halogens is 3. The summed E-state index contributed by atoms with van der Waals surface area (Å²) < 4.78 is 23.0. The predicted octanol–water partition coefficient (Wildman–Crippen LogP) is 5.32. The van der Waals surface area contributed by atoms with E-state index < -0.39 is 11.5 Å². The van der Waals surface area contributed by atoms with E-state index in [9.17, 15) is 9.59 Å². The molecule has 4 aromatic rings. The lowest BCUT2D eigenvalue weighted by molar-refractivity contribution is -0.126. The van der Waals surface area contributed by atoms with Crippen molar-refractivity contribution in [3.63, 3.8) is 0 Å². The number of aromatic nitrogens is 4. The van der Waals surface area contributed by atoms with Crippen molar-refractivity contribution < 1.29 is 13.9 Å². The molecule has 0 aliphatic carbocycles. The highest BCUT2D eigenvalue weighted by atomic mass is 35.5. The molecule has 1 atom stereocenters. The summed E-state index contributed by atoms with van der Waals surface area (Å²) in [7, 11) is 0. The van der Waals surface area contributed by atoms with Crippen molar-refractivity contribution in [2.24, 2.45) is 0 Å². The first-order valence-electron chi connectivity index (χ1n) is 13.5. The van der Waals surface area contributed by atoms with Gasteiger partial charge in [-0.2, -0.15) is 4.98 Å². The summed E-state index contributed by atoms with van der Waals surface area (Å²) in [5.74, 6) is -0.263. The van der Waals surface area contributed by atoms with E-state index in [2.05, 4.69) is 16.5 Å². The summed E-state index contributed by atoms with van der Waals surface area (Å²) in [6.45, 7) is 10.7. The molecule has 0 radical (unpaired) electrons. The number of pyridine rings is 2. The molecule has 216 valence electrons. The smallest absolute Gasteiger partial charge is 0.355 e. The normalized spacial score (nSPS) is 16.3. The molecule has 5 heterocycles. The lowest BCUT2D eigenvalue weighted by Gasteiger charge is -2.40. The fraction of sp³-hybridized carbons (Fsp3) is 0.300. The molecule has 42 heavy (non-hydrogen) atoms. The summed E-state index contributed by atoms with van der Waals surface area (Å²) in [5, 5.41) is 0.760. The van der Waals surface area contributed by atoms with Gasteiger partial charge in [-0.1, -0.05) is 43.6 Å². The molecule has 1 aromatic carbocycles. The number of anilines is 1. The van der Waals surface area contributed by atoms with Crippen molar-refractivity contribution in [2.45, 2.75) is 32.7 Å². The average Bonchev–Trinajstić information content (AvgIpc) is 3.13. The lowest BCUT2D eigenvalue weighted by Crippen LogP contribution is -2.56. The van der Waals surface area contributed by atoms with Crippen LogP contribution in [0.15, 0.2) is 47.9 Å². The molecule has 0 spiro atoms. The molecule has 0 unspecified atom stereocenters. The molecular formula is C30H27Cl2FN6O3. The van der Waals surface area contributed by atoms with Crippen molar-refractivity contribution >= 4 is 46.0 Å². The van der Waals surface area contributed by atoms with E-state index in [-0.39, 0.29) is 52.2 Å². The minimum Gasteiger partial charge on any atom is -0.489 e. The fourth-order valence-electron chi connectivity index (χ4n) is 5.65. The second-order valence-electron chi connectivity index (χ2n) is 10.6. The Kier molecular flexibility index (Phi) is 7.14. The van der Waals surface area contributed by atoms with Gasteiger partial charge in [0.15, 0.2) is 11.4 Å². The van der Waals surface area contributed by atoms with E-state index in [1.807, 2.05) is 31.7 Å². The van der Waals surface area contributed by atoms with Crippen molar-refractivity contribution in [1.29, 1.82) is 0 Å². The van der Waals surface area contributed by atoms with Crippen LogP contribution in [0, 0.1) is 12.7 Å². The maximum Gasteiger partial charge on any atom is 0.355 e. The van der Waals surface area contributed by atoms with E-state index >= 15 is 4.39 Å². The zero-order valence-corrected chi connectivity index (χ0v) is 24.7. The Morgan fingerprint density at radius 1 is 1.21 bits per heavy atom. The van der Waals surface area contributed by atoms with Gasteiger partial charge in [0.1, 0.15) is 28.7 Å². The monoisotopic (exact) mass is 608 g/mol. The minimum atomic E-state index is -0.589. The number of ether oxygens (including phenoxy) is 1. The van der Waals surface area contributed by atoms with Crippen LogP contribution in [0.2, 0.25) is 10.0 Å². The van der Waals surface area contributed by atoms with Gasteiger partial charge in [-0.25, -0.2) is 18.7 Å². The molecule has 1 saturated heterocycles. The Morgan fingerprint density at radius 3 is 2.74 bits per heavy atom. The highest BCUT2D eigenvalue weighted by molar-refractivity contribution is 6.36. The van der Waals surface area contributed by atoms with E-state index in [0.717, 1.165) is 5.56 Å². The van der Waals surface area contributed by atoms with Gasteiger partial charge in [0, 0.05) is 36.4 Å². The van der Waals surface area contributed by atoms with Gasteiger partial charge >= 0.3 is 5.69 Å². The minimum absolute atomic E-state index is 0.0371. The highest BCUT2D eigenvalue weighted by Crippen LogP contribution is 2.46. The predicted molar refractivity (Wildman–Crippen MR) is 161 cm³/mol. The van der Waals surface area contributed by atoms with Crippen molar-refractivity contribution in [3.8, 4) is 22.7 Å². The first kappa shape index (κ1) is 28.1. The van der Waals surface area contributed by atoms with Crippen molar-refractivity contribution in [3.05, 3.63) is 80.7 Å². The summed E-state index contributed by atoms with van der Waals surface area (Å²) in [6.07, 6.45) is 2.96. The summed E-state index contributed by atoms with van der Waals surface area (Å²) in [4.78, 5) is 44.1. The number of hydrogen-bond acceptors (Lipinski definition) is 7. The third-order valence-corrected chi connectivity index (χ3v) is 8.26. The first-order valence-corrected chi connectivity index (χ1v) is 14.2. The highest BCUT2D eigenvalue weighted by Gasteiger charge is 2.37. The number of rotatable bonds is 4. The Morgan fingerprint density at radius 2 is 2.00 bits per heavy atom. The largest absolute Gasteiger partial charge is 0.489 e. The van der Waals surface area contributed by atoms with Crippen LogP contribution in [-0.2, 0) is 4.79 Å². The van der Waals surface area contributed by atoms with Crippen LogP contribution in [-0.4, -0.2) is 62.6 Å². The molecule has 1 fully saturated rings. The van der Waals surface area contributed by atoms with E-state index in [4.69, 9.17) is 32.9 Å². The molecule has 0 saturated carbocycles. The van der Waals surface area contributed by atoms with Gasteiger partial charge in [-0.3, -0.25) is 9.78 Å². The van der Waals surface area contributed by atoms with Crippen LogP contribution in [0.1, 0.15) is 31.0 Å². The van der Waals surface area contributed by atoms with Crippen LogP contribution >= 0.6 is 23.2 Å². The van der Waals surface area contributed by atoms with Gasteiger partial charge < -0.3 is 14.5 Å². The first-order chi connectivity index (χ1) is 20.1. The second kappa shape index (κ2) is 10.7. The zero-order valence-electron chi connectivity index (χ0n) is 23.2. The second-order valence-corrected chi connectivity index (χ2v) is 11.5. The number of carbonyl (C=O) groups is 1. The Balaban J connectivity index is 1.71. The summed E-state index contributed by atoms with van der Waals surface area (Å²) in [5.41, 5.74) is 1.74. The maximum atomic E-state index is 15.2. The molecule has 0 N–H and O–H groups in total. The molecule has 3 aromatic heterocycles. The van der Waals surface area contributed by atoms with Crippen LogP contribution in [0.25, 0.3) is 28.0 Å². The Labute approximate surface area is 251 Å². The van der Waals surface area contributed by atoms with E-state index in [0.29, 0.717) is 47.2 Å². The number of nitrogens with zero attached hydrogens (tertiary/aromatic N) is 6. The van der Waals surface area contributed by atoms with Crippen molar-refractivity contribution in [1.82, 2.24) is 24.4 Å². The summed E-state index contributed by atoms with van der Waals surface area (Å²) in [6, 6.07) is 5.57. The zero-order chi connectivity index (χ0) is 29.9. The van der Waals surface area contributed by atoms with Gasteiger partial charge in [0.2, 0.25) is 5.91 Å². The third kappa shape index (κ3) is 4.49. The van der Waals surface area contributed by atoms with Crippen LogP contribution < -0.4 is 15.3 Å². The topological polar surface area (TPSA) is 93.5 Å². The molecule has 0 bridgehead atoms. The number of fused-ring (bicyclic) bond motifs is 2. The molecule has 2 aliphatic rings. The molecular weight excluding hydrogens is 582 g/mol. The van der Waals surface area contributed by atoms with Gasteiger partial charge in [0.25, 0.3) is 0 Å². The SMILES string of the molecule is C=CC(=O)N1CCN2c3nc(=O)n(-c4c(C)ccnc4C(C)C)c4nc(-c5cc(Cl)ccc5F)c(Cl)c(c34)OC[C@@H]2C1. The van der Waals surface area contributed by atoms with E-state index in [1.54, 1.807) is 11.1 Å². The van der Waals surface area contributed by atoms with Crippen LogP contribution in [0.4, 0.5) is 10.2 Å². The van der Waals surface area contributed by atoms with Crippen LogP contribution in [0.3, 0.4) is 0 Å². The van der Waals surface area contributed by atoms with E-state index in [1.165, 1.54) is 28.8 Å². The average molecular weight is 609 g/mol. The molecule has 12 heteroatoms. The number of aryl methyl sites for hydroxylation is 1. The van der Waals surface area contributed by atoms with Gasteiger partial charge in [-0.15, -0.1) is 0 Å².